The van der Waals surface area contributed by atoms with Crippen molar-refractivity contribution in [1.82, 2.24) is 20.6 Å². The van der Waals surface area contributed by atoms with Crippen LogP contribution in [0.25, 0.3) is 0 Å². The van der Waals surface area contributed by atoms with Crippen molar-refractivity contribution in [2.45, 2.75) is 51.5 Å². The van der Waals surface area contributed by atoms with Gasteiger partial charge in [-0.1, -0.05) is 66.3 Å². The van der Waals surface area contributed by atoms with Crippen molar-refractivity contribution in [3.05, 3.63) is 94.0 Å². The van der Waals surface area contributed by atoms with Gasteiger partial charge in [-0.2, -0.15) is 5.21 Å². The van der Waals surface area contributed by atoms with Crippen molar-refractivity contribution in [3.8, 4) is 0 Å². The number of anilines is 3. The molecule has 1 aromatic heterocycles. The van der Waals surface area contributed by atoms with Crippen LogP contribution in [0.2, 0.25) is 5.02 Å². The van der Waals surface area contributed by atoms with E-state index in [1.165, 1.54) is 37.7 Å². The van der Waals surface area contributed by atoms with Crippen molar-refractivity contribution in [3.63, 3.8) is 0 Å². The molecule has 1 saturated carbocycles. The third kappa shape index (κ3) is 6.61. The zero-order chi connectivity index (χ0) is 27.2. The Morgan fingerprint density at radius 2 is 1.72 bits per heavy atom. The quantitative estimate of drug-likeness (QED) is 0.240. The van der Waals surface area contributed by atoms with Gasteiger partial charge in [-0.15, -0.1) is 5.10 Å². The Balaban J connectivity index is 1.35. The van der Waals surface area contributed by atoms with Gasteiger partial charge in [0.2, 0.25) is 0 Å². The number of aromatic nitrogens is 4. The molecule has 1 aliphatic carbocycles. The lowest BCUT2D eigenvalue weighted by Gasteiger charge is -2.26. The number of H-pyrrole nitrogens is 1. The van der Waals surface area contributed by atoms with Gasteiger partial charge in [0.05, 0.1) is 6.54 Å². The van der Waals surface area contributed by atoms with E-state index in [-0.39, 0.29) is 17.9 Å². The molecule has 9 nitrogen and oxygen atoms in total. The van der Waals surface area contributed by atoms with E-state index < -0.39 is 0 Å². The molecule has 5 rings (SSSR count). The Hall–Kier alpha value is -4.24. The number of benzene rings is 3. The summed E-state index contributed by atoms with van der Waals surface area (Å²) in [6.07, 6.45) is 6.27. The van der Waals surface area contributed by atoms with E-state index >= 15 is 0 Å². The number of hydrogen-bond acceptors (Lipinski definition) is 5. The summed E-state index contributed by atoms with van der Waals surface area (Å²) in [6, 6.07) is 20.5. The Morgan fingerprint density at radius 3 is 2.38 bits per heavy atom. The van der Waals surface area contributed by atoms with Gasteiger partial charge in [-0.05, 0) is 84.0 Å². The topological polar surface area (TPSA) is 116 Å². The molecule has 1 heterocycles. The number of aromatic amines is 1. The molecule has 3 amide bonds. The minimum Gasteiger partial charge on any atom is -0.307 e. The minimum atomic E-state index is -0.355. The summed E-state index contributed by atoms with van der Waals surface area (Å²) in [6.45, 7) is 2.22. The molecule has 10 heteroatoms. The number of aryl methyl sites for hydroxylation is 1. The van der Waals surface area contributed by atoms with Crippen LogP contribution in [0, 0.1) is 6.92 Å². The SMILES string of the molecule is Cc1ccc(NC(=O)N(Cc2ccc(C(=O)Nc3nn[nH]n3)cc2)c2ccc(C3CCCCC3)cc2)cc1Cl. The maximum Gasteiger partial charge on any atom is 0.326 e. The second-order valence-corrected chi connectivity index (χ2v) is 10.2. The lowest BCUT2D eigenvalue weighted by molar-refractivity contribution is 0.102. The van der Waals surface area contributed by atoms with Gasteiger partial charge < -0.3 is 5.32 Å². The van der Waals surface area contributed by atoms with Gasteiger partial charge in [0, 0.05) is 22.0 Å². The summed E-state index contributed by atoms with van der Waals surface area (Å²) < 4.78 is 0. The highest BCUT2D eigenvalue weighted by Gasteiger charge is 2.20. The average molecular weight is 544 g/mol. The predicted molar refractivity (Wildman–Crippen MR) is 152 cm³/mol. The molecule has 4 aromatic rings. The lowest BCUT2D eigenvalue weighted by Crippen LogP contribution is -2.34. The molecule has 0 radical (unpaired) electrons. The number of tetrazole rings is 1. The van der Waals surface area contributed by atoms with Crippen LogP contribution in [0.15, 0.2) is 66.7 Å². The molecule has 3 aromatic carbocycles. The Labute approximate surface area is 232 Å². The van der Waals surface area contributed by atoms with Crippen LogP contribution in [0.1, 0.15) is 65.1 Å². The molecule has 0 saturated heterocycles. The third-order valence-corrected chi connectivity index (χ3v) is 7.48. The van der Waals surface area contributed by atoms with E-state index in [1.807, 2.05) is 43.3 Å². The predicted octanol–water partition coefficient (Wildman–Crippen LogP) is 6.70. The summed E-state index contributed by atoms with van der Waals surface area (Å²) in [5, 5.41) is 19.3. The number of amides is 3. The molecule has 200 valence electrons. The number of halogens is 1. The number of carbonyl (C=O) groups excluding carboxylic acids is 2. The number of carbonyl (C=O) groups is 2. The fraction of sp³-hybridized carbons (Fsp3) is 0.276. The molecule has 1 fully saturated rings. The van der Waals surface area contributed by atoms with Crippen LogP contribution in [0.4, 0.5) is 22.1 Å². The first-order chi connectivity index (χ1) is 19.0. The Morgan fingerprint density at radius 1 is 0.974 bits per heavy atom. The molecule has 39 heavy (non-hydrogen) atoms. The van der Waals surface area contributed by atoms with E-state index in [4.69, 9.17) is 11.6 Å². The number of nitrogens with one attached hydrogen (secondary N) is 3. The monoisotopic (exact) mass is 543 g/mol. The summed E-state index contributed by atoms with van der Waals surface area (Å²) in [5.41, 5.74) is 4.96. The van der Waals surface area contributed by atoms with Gasteiger partial charge in [0.1, 0.15) is 0 Å². The first-order valence-corrected chi connectivity index (χ1v) is 13.4. The normalized spacial score (nSPS) is 13.6. The van der Waals surface area contributed by atoms with Crippen molar-refractivity contribution in [1.29, 1.82) is 0 Å². The smallest absolute Gasteiger partial charge is 0.307 e. The summed E-state index contributed by atoms with van der Waals surface area (Å²) in [5.74, 6) is 0.322. The van der Waals surface area contributed by atoms with Crippen molar-refractivity contribution in [2.75, 3.05) is 15.5 Å². The fourth-order valence-electron chi connectivity index (χ4n) is 4.84. The molecule has 0 aliphatic heterocycles. The van der Waals surface area contributed by atoms with Crippen LogP contribution in [-0.4, -0.2) is 32.6 Å². The number of urea groups is 1. The first kappa shape index (κ1) is 26.4. The Kier molecular flexibility index (Phi) is 8.17. The van der Waals surface area contributed by atoms with E-state index in [0.29, 0.717) is 28.7 Å². The summed E-state index contributed by atoms with van der Waals surface area (Å²) in [4.78, 5) is 27.7. The van der Waals surface area contributed by atoms with E-state index in [0.717, 1.165) is 16.8 Å². The van der Waals surface area contributed by atoms with E-state index in [2.05, 4.69) is 43.4 Å². The molecular formula is C29H30ClN7O2. The largest absolute Gasteiger partial charge is 0.326 e. The van der Waals surface area contributed by atoms with E-state index in [1.54, 1.807) is 23.1 Å². The van der Waals surface area contributed by atoms with Crippen LogP contribution in [-0.2, 0) is 6.54 Å². The molecule has 1 aliphatic rings. The van der Waals surface area contributed by atoms with Crippen LogP contribution in [0.5, 0.6) is 0 Å². The molecule has 3 N–H and O–H groups in total. The van der Waals surface area contributed by atoms with Gasteiger partial charge >= 0.3 is 6.03 Å². The van der Waals surface area contributed by atoms with Crippen LogP contribution >= 0.6 is 11.6 Å². The number of rotatable bonds is 7. The highest BCUT2D eigenvalue weighted by atomic mass is 35.5. The fourth-order valence-corrected chi connectivity index (χ4v) is 5.02. The molecule has 0 spiro atoms. The first-order valence-electron chi connectivity index (χ1n) is 13.0. The van der Waals surface area contributed by atoms with Gasteiger partial charge in [0.25, 0.3) is 11.9 Å². The summed E-state index contributed by atoms with van der Waals surface area (Å²) >= 11 is 6.29. The maximum atomic E-state index is 13.5. The highest BCUT2D eigenvalue weighted by molar-refractivity contribution is 6.31. The Bertz CT molecular complexity index is 1420. The number of nitrogens with zero attached hydrogens (tertiary/aromatic N) is 4. The third-order valence-electron chi connectivity index (χ3n) is 7.08. The van der Waals surface area contributed by atoms with E-state index in [9.17, 15) is 9.59 Å². The average Bonchev–Trinajstić information content (AvgIpc) is 3.48. The van der Waals surface area contributed by atoms with Crippen LogP contribution in [0.3, 0.4) is 0 Å². The van der Waals surface area contributed by atoms with Gasteiger partial charge in [0.15, 0.2) is 0 Å². The van der Waals surface area contributed by atoms with Crippen molar-refractivity contribution in [2.24, 2.45) is 0 Å². The second kappa shape index (κ2) is 12.1. The lowest BCUT2D eigenvalue weighted by atomic mass is 9.84. The zero-order valence-electron chi connectivity index (χ0n) is 21.7. The second-order valence-electron chi connectivity index (χ2n) is 9.79. The zero-order valence-corrected chi connectivity index (χ0v) is 22.4. The van der Waals surface area contributed by atoms with Crippen molar-refractivity contribution >= 4 is 40.9 Å². The van der Waals surface area contributed by atoms with Gasteiger partial charge in [-0.3, -0.25) is 15.0 Å². The standard InChI is InChI=1S/C29H30ClN7O2/c1-19-7-14-24(17-26(19)30)31-29(39)37(25-15-12-22(13-16-25)21-5-3-2-4-6-21)18-20-8-10-23(11-9-20)27(38)32-28-33-35-36-34-28/h7-17,21H,2-6,18H2,1H3,(H,31,39)(H2,32,33,34,35,36,38). The molecule has 0 unspecified atom stereocenters. The van der Waals surface area contributed by atoms with Gasteiger partial charge in [-0.25, -0.2) is 4.79 Å². The van der Waals surface area contributed by atoms with Crippen LogP contribution < -0.4 is 15.5 Å². The molecule has 0 bridgehead atoms. The van der Waals surface area contributed by atoms with Crippen molar-refractivity contribution < 1.29 is 9.59 Å². The summed E-state index contributed by atoms with van der Waals surface area (Å²) in [7, 11) is 0. The molecular weight excluding hydrogens is 514 g/mol. The minimum absolute atomic E-state index is 0.0970. The maximum absolute atomic E-state index is 13.5. The number of hydrogen-bond donors (Lipinski definition) is 3. The molecule has 0 atom stereocenters. The highest BCUT2D eigenvalue weighted by Crippen LogP contribution is 2.33.